The highest BCUT2D eigenvalue weighted by Gasteiger charge is 2.47. The summed E-state index contributed by atoms with van der Waals surface area (Å²) >= 11 is 0. The van der Waals surface area contributed by atoms with Crippen LogP contribution in [0.25, 0.3) is 0 Å². The van der Waals surface area contributed by atoms with Crippen LogP contribution in [0.15, 0.2) is 29.2 Å². The fourth-order valence-corrected chi connectivity index (χ4v) is 4.38. The molecule has 0 saturated heterocycles. The molecule has 3 rings (SSSR count). The van der Waals surface area contributed by atoms with E-state index in [0.717, 1.165) is 12.0 Å². The minimum Gasteiger partial charge on any atom is -0.393 e. The highest BCUT2D eigenvalue weighted by Crippen LogP contribution is 2.46. The van der Waals surface area contributed by atoms with E-state index in [1.54, 1.807) is 24.3 Å². The number of fused-ring (bicyclic) bond motifs is 2. The molecule has 1 aromatic carbocycles. The van der Waals surface area contributed by atoms with E-state index in [-0.39, 0.29) is 28.9 Å². The largest absolute Gasteiger partial charge is 0.393 e. The van der Waals surface area contributed by atoms with Crippen molar-refractivity contribution in [2.24, 2.45) is 11.8 Å². The van der Waals surface area contributed by atoms with Crippen LogP contribution in [0.2, 0.25) is 0 Å². The third-order valence-corrected chi connectivity index (χ3v) is 5.66. The van der Waals surface area contributed by atoms with E-state index in [9.17, 15) is 13.5 Å². The van der Waals surface area contributed by atoms with Gasteiger partial charge in [-0.05, 0) is 50.2 Å². The van der Waals surface area contributed by atoms with Gasteiger partial charge in [-0.2, -0.15) is 8.42 Å². The second-order valence-electron chi connectivity index (χ2n) is 5.70. The first-order valence-electron chi connectivity index (χ1n) is 6.64. The highest BCUT2D eigenvalue weighted by molar-refractivity contribution is 7.86. The van der Waals surface area contributed by atoms with Crippen LogP contribution in [0.3, 0.4) is 0 Å². The summed E-state index contributed by atoms with van der Waals surface area (Å²) in [5.74, 6) is 0.392. The van der Waals surface area contributed by atoms with E-state index in [1.807, 2.05) is 6.92 Å². The first kappa shape index (κ1) is 13.1. The maximum Gasteiger partial charge on any atom is 0.297 e. The molecule has 1 N–H and O–H groups in total. The van der Waals surface area contributed by atoms with Crippen LogP contribution in [0.4, 0.5) is 0 Å². The van der Waals surface area contributed by atoms with Gasteiger partial charge in [-0.3, -0.25) is 4.18 Å². The Labute approximate surface area is 113 Å². The molecular weight excluding hydrogens is 264 g/mol. The highest BCUT2D eigenvalue weighted by atomic mass is 32.2. The van der Waals surface area contributed by atoms with Crippen molar-refractivity contribution in [3.05, 3.63) is 29.8 Å². The van der Waals surface area contributed by atoms with Crippen molar-refractivity contribution in [1.29, 1.82) is 0 Å². The maximum atomic E-state index is 12.2. The van der Waals surface area contributed by atoms with Crippen LogP contribution < -0.4 is 0 Å². The average Bonchev–Trinajstić information content (AvgIpc) is 2.88. The molecule has 0 amide bonds. The van der Waals surface area contributed by atoms with Crippen LogP contribution in [-0.4, -0.2) is 25.7 Å². The maximum absolute atomic E-state index is 12.2. The molecule has 2 saturated carbocycles. The van der Waals surface area contributed by atoms with Gasteiger partial charge in [-0.15, -0.1) is 0 Å². The number of hydrogen-bond acceptors (Lipinski definition) is 4. The third-order valence-electron chi connectivity index (χ3n) is 4.31. The van der Waals surface area contributed by atoms with Crippen molar-refractivity contribution < 1.29 is 17.7 Å². The summed E-state index contributed by atoms with van der Waals surface area (Å²) in [6, 6.07) is 6.68. The second-order valence-corrected chi connectivity index (χ2v) is 7.27. The van der Waals surface area contributed by atoms with Gasteiger partial charge >= 0.3 is 0 Å². The normalized spacial score (nSPS) is 33.8. The predicted molar refractivity (Wildman–Crippen MR) is 70.1 cm³/mol. The summed E-state index contributed by atoms with van der Waals surface area (Å²) < 4.78 is 29.7. The molecule has 5 heteroatoms. The lowest BCUT2D eigenvalue weighted by molar-refractivity contribution is 0.0598. The van der Waals surface area contributed by atoms with Gasteiger partial charge < -0.3 is 5.11 Å². The van der Waals surface area contributed by atoms with Crippen molar-refractivity contribution in [1.82, 2.24) is 0 Å². The van der Waals surface area contributed by atoms with Crippen LogP contribution in [0.1, 0.15) is 24.8 Å². The van der Waals surface area contributed by atoms with Crippen LogP contribution >= 0.6 is 0 Å². The van der Waals surface area contributed by atoms with Gasteiger partial charge in [0.15, 0.2) is 0 Å². The fraction of sp³-hybridized carbons (Fsp3) is 0.571. The molecule has 4 unspecified atom stereocenters. The average molecular weight is 282 g/mol. The Morgan fingerprint density at radius 2 is 1.79 bits per heavy atom. The quantitative estimate of drug-likeness (QED) is 0.860. The monoisotopic (exact) mass is 282 g/mol. The molecule has 0 heterocycles. The zero-order chi connectivity index (χ0) is 13.6. The molecule has 2 aliphatic carbocycles. The summed E-state index contributed by atoms with van der Waals surface area (Å²) in [6.07, 6.45) is 1.66. The molecule has 2 fully saturated rings. The third kappa shape index (κ3) is 2.42. The van der Waals surface area contributed by atoms with Crippen molar-refractivity contribution in [3.63, 3.8) is 0 Å². The first-order chi connectivity index (χ1) is 8.95. The predicted octanol–water partition coefficient (Wildman–Crippen LogP) is 1.86. The standard InChI is InChI=1S/C14H18O4S/c1-9-2-4-12(5-3-9)19(16,17)18-14-8-10-6-11(14)7-13(10)15/h2-5,10-11,13-15H,6-8H2,1H3. The molecule has 0 radical (unpaired) electrons. The Morgan fingerprint density at radius 3 is 2.32 bits per heavy atom. The summed E-state index contributed by atoms with van der Waals surface area (Å²) in [5.41, 5.74) is 1.02. The summed E-state index contributed by atoms with van der Waals surface area (Å²) in [5, 5.41) is 9.68. The van der Waals surface area contributed by atoms with Gasteiger partial charge in [0, 0.05) is 0 Å². The van der Waals surface area contributed by atoms with Crippen molar-refractivity contribution in [3.8, 4) is 0 Å². The molecule has 104 valence electrons. The number of benzene rings is 1. The SMILES string of the molecule is Cc1ccc(S(=O)(=O)OC2CC3CC2CC3O)cc1. The van der Waals surface area contributed by atoms with E-state index >= 15 is 0 Å². The van der Waals surface area contributed by atoms with Gasteiger partial charge in [0.2, 0.25) is 0 Å². The van der Waals surface area contributed by atoms with Crippen LogP contribution in [0.5, 0.6) is 0 Å². The van der Waals surface area contributed by atoms with Gasteiger partial charge in [-0.1, -0.05) is 17.7 Å². The van der Waals surface area contributed by atoms with Crippen molar-refractivity contribution >= 4 is 10.1 Å². The Kier molecular flexibility index (Phi) is 3.15. The Bertz CT molecular complexity index is 562. The van der Waals surface area contributed by atoms with Gasteiger partial charge in [-0.25, -0.2) is 0 Å². The van der Waals surface area contributed by atoms with Gasteiger partial charge in [0.1, 0.15) is 0 Å². The lowest BCUT2D eigenvalue weighted by Crippen LogP contribution is -2.29. The van der Waals surface area contributed by atoms with Crippen molar-refractivity contribution in [2.45, 2.75) is 43.3 Å². The molecule has 0 spiro atoms. The smallest absolute Gasteiger partial charge is 0.297 e. The molecule has 2 bridgehead atoms. The summed E-state index contributed by atoms with van der Waals surface area (Å²) in [6.45, 7) is 1.91. The molecular formula is C14H18O4S. The number of rotatable bonds is 3. The van der Waals surface area contributed by atoms with Gasteiger partial charge in [0.25, 0.3) is 10.1 Å². The number of hydrogen-bond donors (Lipinski definition) is 1. The minimum absolute atomic E-state index is 0.181. The zero-order valence-electron chi connectivity index (χ0n) is 10.8. The van der Waals surface area contributed by atoms with E-state index in [1.165, 1.54) is 0 Å². The first-order valence-corrected chi connectivity index (χ1v) is 8.04. The van der Waals surface area contributed by atoms with Crippen LogP contribution in [-0.2, 0) is 14.3 Å². The fourth-order valence-electron chi connectivity index (χ4n) is 3.23. The Balaban J connectivity index is 1.75. The number of aryl methyl sites for hydroxylation is 1. The lowest BCUT2D eigenvalue weighted by atomic mass is 9.95. The van der Waals surface area contributed by atoms with E-state index < -0.39 is 10.1 Å². The molecule has 4 atom stereocenters. The molecule has 1 aromatic rings. The van der Waals surface area contributed by atoms with E-state index in [0.29, 0.717) is 12.8 Å². The molecule has 0 aliphatic heterocycles. The van der Waals surface area contributed by atoms with E-state index in [2.05, 4.69) is 0 Å². The molecule has 2 aliphatic rings. The van der Waals surface area contributed by atoms with Crippen molar-refractivity contribution in [2.75, 3.05) is 0 Å². The Hall–Kier alpha value is -0.910. The molecule has 0 aromatic heterocycles. The Morgan fingerprint density at radius 1 is 1.11 bits per heavy atom. The lowest BCUT2D eigenvalue weighted by Gasteiger charge is -2.24. The van der Waals surface area contributed by atoms with Gasteiger partial charge in [0.05, 0.1) is 17.1 Å². The number of aliphatic hydroxyl groups is 1. The minimum atomic E-state index is -3.68. The van der Waals surface area contributed by atoms with Crippen LogP contribution in [0, 0.1) is 18.8 Å². The summed E-state index contributed by atoms with van der Waals surface area (Å²) in [4.78, 5) is 0.210. The summed E-state index contributed by atoms with van der Waals surface area (Å²) in [7, 11) is -3.68. The number of aliphatic hydroxyl groups excluding tert-OH is 1. The molecule has 19 heavy (non-hydrogen) atoms. The molecule has 4 nitrogen and oxygen atoms in total. The zero-order valence-corrected chi connectivity index (χ0v) is 11.6. The second kappa shape index (κ2) is 4.58. The van der Waals surface area contributed by atoms with E-state index in [4.69, 9.17) is 4.18 Å². The topological polar surface area (TPSA) is 63.6 Å².